The molecule has 1 aromatic carbocycles. The molecular weight excluding hydrogens is 487 g/mol. The number of nitrogens with one attached hydrogen (secondary N) is 1. The topological polar surface area (TPSA) is 145 Å². The predicted molar refractivity (Wildman–Crippen MR) is 135 cm³/mol. The number of fused-ring (bicyclic) bond motifs is 1. The fourth-order valence-electron chi connectivity index (χ4n) is 3.21. The molecule has 3 aromatic rings. The highest BCUT2D eigenvalue weighted by Crippen LogP contribution is 2.37. The fraction of sp³-hybridized carbons (Fsp3) is 0.478. The average Bonchev–Trinajstić information content (AvgIpc) is 3.30. The second kappa shape index (κ2) is 13.3. The highest BCUT2D eigenvalue weighted by Gasteiger charge is 2.25. The van der Waals surface area contributed by atoms with E-state index in [1.807, 2.05) is 51.1 Å². The number of nitrogens with two attached hydrogens (primary N) is 1. The summed E-state index contributed by atoms with van der Waals surface area (Å²) in [7, 11) is -0.335. The van der Waals surface area contributed by atoms with Gasteiger partial charge in [-0.05, 0) is 39.3 Å². The maximum absolute atomic E-state index is 11.9. The van der Waals surface area contributed by atoms with Crippen LogP contribution in [0.15, 0.2) is 36.7 Å². The summed E-state index contributed by atoms with van der Waals surface area (Å²) >= 11 is 0. The van der Waals surface area contributed by atoms with Crippen LogP contribution in [0.1, 0.15) is 40.3 Å². The molecule has 3 rings (SSSR count). The van der Waals surface area contributed by atoms with Gasteiger partial charge in [0.1, 0.15) is 18.0 Å². The standard InChI is InChI=1S/C23H33N6O6P/c1-6-17(13-33-36(28-15(3)22(30)31-5)35-18-11-9-8-10-12-18)34-16(4)29-14-25-19-20(29)26-23(24)27-21(19)32-7-2/h8-12,14-17,28H,6-7,13H2,1-5H3,(H2,24,26,27). The molecule has 36 heavy (non-hydrogen) atoms. The summed E-state index contributed by atoms with van der Waals surface area (Å²) in [5.74, 6) is 0.614. The number of nitrogens with zero attached hydrogens (tertiary/aromatic N) is 4. The summed E-state index contributed by atoms with van der Waals surface area (Å²) in [6.07, 6.45) is 1.56. The first-order chi connectivity index (χ1) is 17.4. The molecule has 196 valence electrons. The summed E-state index contributed by atoms with van der Waals surface area (Å²) in [6.45, 7) is 8.05. The van der Waals surface area contributed by atoms with Crippen molar-refractivity contribution in [2.24, 2.45) is 0 Å². The van der Waals surface area contributed by atoms with Gasteiger partial charge in [0, 0.05) is 0 Å². The molecule has 0 fully saturated rings. The number of anilines is 1. The molecule has 0 aliphatic carbocycles. The highest BCUT2D eigenvalue weighted by molar-refractivity contribution is 7.45. The van der Waals surface area contributed by atoms with Crippen molar-refractivity contribution in [3.63, 3.8) is 0 Å². The van der Waals surface area contributed by atoms with E-state index < -0.39 is 26.8 Å². The van der Waals surface area contributed by atoms with Gasteiger partial charge in [0.15, 0.2) is 11.2 Å². The number of methoxy groups -OCH3 is 1. The number of rotatable bonds is 14. The lowest BCUT2D eigenvalue weighted by molar-refractivity contribution is -0.142. The Labute approximate surface area is 211 Å². The Hall–Kier alpha value is -3.05. The Bertz CT molecular complexity index is 1120. The van der Waals surface area contributed by atoms with Gasteiger partial charge >= 0.3 is 14.5 Å². The third kappa shape index (κ3) is 7.23. The summed E-state index contributed by atoms with van der Waals surface area (Å²) in [5.41, 5.74) is 6.89. The zero-order chi connectivity index (χ0) is 26.1. The van der Waals surface area contributed by atoms with Gasteiger partial charge in [-0.1, -0.05) is 25.1 Å². The zero-order valence-corrected chi connectivity index (χ0v) is 22.0. The van der Waals surface area contributed by atoms with Crippen LogP contribution >= 0.6 is 8.53 Å². The number of hydrogen-bond acceptors (Lipinski definition) is 11. The molecule has 4 unspecified atom stereocenters. The summed E-state index contributed by atoms with van der Waals surface area (Å²) in [5, 5.41) is 3.06. The molecule has 0 radical (unpaired) electrons. The smallest absolute Gasteiger partial charge is 0.323 e. The Morgan fingerprint density at radius 2 is 1.94 bits per heavy atom. The number of esters is 1. The number of nitrogen functional groups attached to an aromatic ring is 1. The van der Waals surface area contributed by atoms with E-state index in [1.165, 1.54) is 7.11 Å². The molecule has 13 heteroatoms. The second-order valence-electron chi connectivity index (χ2n) is 7.74. The minimum Gasteiger partial charge on any atom is -0.476 e. The monoisotopic (exact) mass is 520 g/mol. The van der Waals surface area contributed by atoms with Crippen LogP contribution in [0, 0.1) is 0 Å². The first kappa shape index (κ1) is 27.5. The first-order valence-electron chi connectivity index (χ1n) is 11.6. The molecule has 0 saturated heterocycles. The SMILES string of the molecule is CCOc1nc(N)nc2c1ncn2C(C)OC(CC)COP(NC(C)C(=O)OC)Oc1ccccc1. The third-order valence-electron chi connectivity index (χ3n) is 5.09. The minimum absolute atomic E-state index is 0.0878. The van der Waals surface area contributed by atoms with Crippen molar-refractivity contribution in [1.29, 1.82) is 0 Å². The lowest BCUT2D eigenvalue weighted by Crippen LogP contribution is -2.33. The molecule has 0 aliphatic rings. The van der Waals surface area contributed by atoms with Gasteiger partial charge in [0.05, 0.1) is 32.8 Å². The van der Waals surface area contributed by atoms with Gasteiger partial charge in [-0.15, -0.1) is 0 Å². The Morgan fingerprint density at radius 1 is 1.19 bits per heavy atom. The molecule has 0 spiro atoms. The predicted octanol–water partition coefficient (Wildman–Crippen LogP) is 3.59. The average molecular weight is 521 g/mol. The van der Waals surface area contributed by atoms with E-state index in [0.29, 0.717) is 35.8 Å². The zero-order valence-electron chi connectivity index (χ0n) is 21.1. The number of carbonyl (C=O) groups excluding carboxylic acids is 1. The lowest BCUT2D eigenvalue weighted by atomic mass is 10.3. The van der Waals surface area contributed by atoms with Crippen LogP contribution in [0.3, 0.4) is 0 Å². The molecule has 0 bridgehead atoms. The second-order valence-corrected chi connectivity index (χ2v) is 8.95. The number of imidazole rings is 1. The van der Waals surface area contributed by atoms with E-state index in [1.54, 1.807) is 17.8 Å². The molecule has 4 atom stereocenters. The molecule has 0 saturated carbocycles. The molecular formula is C23H33N6O6P. The number of carbonyl (C=O) groups is 1. The van der Waals surface area contributed by atoms with Gasteiger partial charge in [-0.3, -0.25) is 9.36 Å². The molecule has 3 N–H and O–H groups in total. The quantitative estimate of drug-likeness (QED) is 0.238. The Balaban J connectivity index is 1.69. The van der Waals surface area contributed by atoms with Crippen LogP contribution in [-0.2, 0) is 18.8 Å². The highest BCUT2D eigenvalue weighted by atomic mass is 31.2. The minimum atomic E-state index is -1.67. The van der Waals surface area contributed by atoms with E-state index in [9.17, 15) is 4.79 Å². The van der Waals surface area contributed by atoms with E-state index in [4.69, 9.17) is 29.0 Å². The van der Waals surface area contributed by atoms with Gasteiger partial charge in [0.2, 0.25) is 11.8 Å². The van der Waals surface area contributed by atoms with Crippen LogP contribution < -0.4 is 20.1 Å². The van der Waals surface area contributed by atoms with Crippen molar-refractivity contribution in [3.8, 4) is 11.6 Å². The van der Waals surface area contributed by atoms with E-state index in [0.717, 1.165) is 0 Å². The number of hydrogen-bond donors (Lipinski definition) is 2. The third-order valence-corrected chi connectivity index (χ3v) is 6.45. The molecule has 2 heterocycles. The molecule has 12 nitrogen and oxygen atoms in total. The first-order valence-corrected chi connectivity index (χ1v) is 12.8. The van der Waals surface area contributed by atoms with Crippen molar-refractivity contribution < 1.29 is 28.1 Å². The van der Waals surface area contributed by atoms with E-state index >= 15 is 0 Å². The largest absolute Gasteiger partial charge is 0.476 e. The van der Waals surface area contributed by atoms with Crippen molar-refractivity contribution in [2.45, 2.75) is 52.5 Å². The van der Waals surface area contributed by atoms with Gasteiger partial charge in [0.25, 0.3) is 0 Å². The van der Waals surface area contributed by atoms with Crippen molar-refractivity contribution >= 4 is 31.6 Å². The van der Waals surface area contributed by atoms with Gasteiger partial charge in [-0.25, -0.2) is 10.1 Å². The Kier molecular flexibility index (Phi) is 10.2. The normalized spacial score (nSPS) is 14.7. The Morgan fingerprint density at radius 3 is 2.61 bits per heavy atom. The van der Waals surface area contributed by atoms with Crippen molar-refractivity contribution in [1.82, 2.24) is 24.6 Å². The number of aromatic nitrogens is 4. The molecule has 0 aliphatic heterocycles. The van der Waals surface area contributed by atoms with E-state index in [-0.39, 0.29) is 18.7 Å². The van der Waals surface area contributed by atoms with E-state index in [2.05, 4.69) is 20.0 Å². The summed E-state index contributed by atoms with van der Waals surface area (Å²) in [6, 6.07) is 8.61. The van der Waals surface area contributed by atoms with Gasteiger partial charge in [-0.2, -0.15) is 9.97 Å². The summed E-state index contributed by atoms with van der Waals surface area (Å²) < 4.78 is 30.4. The maximum Gasteiger partial charge on any atom is 0.323 e. The number of para-hydroxylation sites is 1. The van der Waals surface area contributed by atoms with Crippen molar-refractivity contribution in [2.75, 3.05) is 26.1 Å². The van der Waals surface area contributed by atoms with Gasteiger partial charge < -0.3 is 29.0 Å². The molecule has 0 amide bonds. The van der Waals surface area contributed by atoms with Crippen LogP contribution in [-0.4, -0.2) is 58.0 Å². The lowest BCUT2D eigenvalue weighted by Gasteiger charge is -2.26. The fourth-order valence-corrected chi connectivity index (χ4v) is 4.43. The van der Waals surface area contributed by atoms with Crippen LogP contribution in [0.2, 0.25) is 0 Å². The molecule has 2 aromatic heterocycles. The van der Waals surface area contributed by atoms with Crippen LogP contribution in [0.5, 0.6) is 11.6 Å². The van der Waals surface area contributed by atoms with Crippen LogP contribution in [0.25, 0.3) is 11.2 Å². The number of benzene rings is 1. The van der Waals surface area contributed by atoms with Crippen LogP contribution in [0.4, 0.5) is 5.95 Å². The summed E-state index contributed by atoms with van der Waals surface area (Å²) in [4.78, 5) is 24.7. The van der Waals surface area contributed by atoms with Crippen molar-refractivity contribution in [3.05, 3.63) is 36.7 Å². The number of ether oxygens (including phenoxy) is 3. The maximum atomic E-state index is 11.9.